The summed E-state index contributed by atoms with van der Waals surface area (Å²) in [4.78, 5) is 11.5. The van der Waals surface area contributed by atoms with Gasteiger partial charge in [0.25, 0.3) is 0 Å². The van der Waals surface area contributed by atoms with E-state index in [0.29, 0.717) is 0 Å². The fourth-order valence-electron chi connectivity index (χ4n) is 2.06. The van der Waals surface area contributed by atoms with Gasteiger partial charge in [0.2, 0.25) is 16.3 Å². The van der Waals surface area contributed by atoms with Crippen LogP contribution in [0.3, 0.4) is 0 Å². The van der Waals surface area contributed by atoms with Crippen LogP contribution in [0.2, 0.25) is 0 Å². The van der Waals surface area contributed by atoms with Gasteiger partial charge in [0.05, 0.1) is 34.8 Å². The number of hydrogen-bond acceptors (Lipinski definition) is 5. The Bertz CT molecular complexity index is 470. The van der Waals surface area contributed by atoms with E-state index in [1.54, 1.807) is 6.08 Å². The molecule has 0 saturated heterocycles. The van der Waals surface area contributed by atoms with Gasteiger partial charge in [0, 0.05) is 13.0 Å². The number of hydrogen-bond donors (Lipinski definition) is 1. The van der Waals surface area contributed by atoms with Crippen LogP contribution in [0.1, 0.15) is 58.3 Å². The maximum Gasteiger partial charge on any atom is 0.243 e. The molecule has 0 unspecified atom stereocenters. The topological polar surface area (TPSA) is 95.5 Å². The van der Waals surface area contributed by atoms with E-state index in [0.717, 1.165) is 37.5 Å². The van der Waals surface area contributed by atoms with Gasteiger partial charge < -0.3 is 14.4 Å². The fourth-order valence-corrected chi connectivity index (χ4v) is 2.06. The van der Waals surface area contributed by atoms with Crippen molar-refractivity contribution in [3.63, 3.8) is 0 Å². The molecular weight excluding hydrogens is 356 g/mol. The summed E-state index contributed by atoms with van der Waals surface area (Å²) < 4.78 is 32.0. The zero-order valence-corrected chi connectivity index (χ0v) is 17.9. The standard InChI is InChI=1S/C17H34N2O.CH4O4S/c1-5-6-7-8-9-10-11-12-14-17(20)18-15-13-16-19(2,3)4;1-5-6(2,3)4/h12,14H,5-11,13,15-16H2,1-4H3;1H3,(H,2,3,4). The van der Waals surface area contributed by atoms with Crippen LogP contribution in [-0.2, 0) is 19.4 Å². The largest absolute Gasteiger partial charge is 0.726 e. The minimum atomic E-state index is -4.41. The number of carbonyl (C=O) groups excluding carboxylic acids is 1. The van der Waals surface area contributed by atoms with Gasteiger partial charge in [0.15, 0.2) is 0 Å². The van der Waals surface area contributed by atoms with Crippen molar-refractivity contribution >= 4 is 16.3 Å². The van der Waals surface area contributed by atoms with Gasteiger partial charge >= 0.3 is 0 Å². The Labute approximate surface area is 160 Å². The van der Waals surface area contributed by atoms with E-state index < -0.39 is 10.4 Å². The lowest BCUT2D eigenvalue weighted by Crippen LogP contribution is -2.37. The Hall–Kier alpha value is -0.960. The first-order valence-corrected chi connectivity index (χ1v) is 10.6. The smallest absolute Gasteiger partial charge is 0.243 e. The van der Waals surface area contributed by atoms with Crippen molar-refractivity contribution in [3.05, 3.63) is 12.2 Å². The highest BCUT2D eigenvalue weighted by Gasteiger charge is 2.05. The van der Waals surface area contributed by atoms with Crippen LogP contribution in [0, 0.1) is 0 Å². The van der Waals surface area contributed by atoms with Crippen LogP contribution < -0.4 is 5.32 Å². The zero-order chi connectivity index (χ0) is 20.5. The SMILES string of the molecule is CCCCCCCCC=CC(=O)NCCC[N+](C)(C)C.COS(=O)(=O)[O-]. The summed E-state index contributed by atoms with van der Waals surface area (Å²) >= 11 is 0. The van der Waals surface area contributed by atoms with E-state index in [1.165, 1.54) is 38.5 Å². The van der Waals surface area contributed by atoms with E-state index in [1.807, 2.05) is 6.08 Å². The first kappa shape index (κ1) is 27.3. The lowest BCUT2D eigenvalue weighted by atomic mass is 10.1. The average Bonchev–Trinajstić information content (AvgIpc) is 2.53. The Kier molecular flexibility index (Phi) is 17.0. The number of rotatable bonds is 13. The van der Waals surface area contributed by atoms with Crippen LogP contribution in [-0.4, -0.2) is 64.7 Å². The summed E-state index contributed by atoms with van der Waals surface area (Å²) in [5, 5.41) is 2.94. The number of quaternary nitrogens is 1. The predicted molar refractivity (Wildman–Crippen MR) is 104 cm³/mol. The third kappa shape index (κ3) is 27.9. The van der Waals surface area contributed by atoms with E-state index in [2.05, 4.69) is 37.6 Å². The Morgan fingerprint density at radius 2 is 1.62 bits per heavy atom. The number of amides is 1. The molecule has 0 aliphatic heterocycles. The molecule has 0 aromatic heterocycles. The van der Waals surface area contributed by atoms with Gasteiger partial charge in [-0.25, -0.2) is 8.42 Å². The molecule has 0 heterocycles. The monoisotopic (exact) mass is 394 g/mol. The van der Waals surface area contributed by atoms with Crippen LogP contribution >= 0.6 is 0 Å². The second-order valence-electron chi connectivity index (χ2n) is 7.19. The van der Waals surface area contributed by atoms with Gasteiger partial charge in [-0.1, -0.05) is 45.1 Å². The van der Waals surface area contributed by atoms with Gasteiger partial charge in [-0.2, -0.15) is 0 Å². The maximum absolute atomic E-state index is 11.5. The number of carbonyl (C=O) groups is 1. The molecule has 0 saturated carbocycles. The Morgan fingerprint density at radius 3 is 2.12 bits per heavy atom. The lowest BCUT2D eigenvalue weighted by Gasteiger charge is -2.23. The highest BCUT2D eigenvalue weighted by atomic mass is 32.3. The van der Waals surface area contributed by atoms with Crippen molar-refractivity contribution in [1.82, 2.24) is 5.32 Å². The summed E-state index contributed by atoms with van der Waals surface area (Å²) in [5.41, 5.74) is 0. The highest BCUT2D eigenvalue weighted by molar-refractivity contribution is 7.80. The third-order valence-corrected chi connectivity index (χ3v) is 3.91. The number of unbranched alkanes of at least 4 members (excludes halogenated alkanes) is 6. The van der Waals surface area contributed by atoms with Crippen molar-refractivity contribution in [2.45, 2.75) is 58.3 Å². The van der Waals surface area contributed by atoms with E-state index in [4.69, 9.17) is 0 Å². The van der Waals surface area contributed by atoms with E-state index in [9.17, 15) is 17.8 Å². The molecule has 156 valence electrons. The molecule has 1 amide bonds. The van der Waals surface area contributed by atoms with Gasteiger partial charge in [0.1, 0.15) is 0 Å². The predicted octanol–water partition coefficient (Wildman–Crippen LogP) is 2.60. The normalized spacial score (nSPS) is 11.9. The molecule has 0 rings (SSSR count). The number of nitrogens with zero attached hydrogens (tertiary/aromatic N) is 1. The molecule has 0 radical (unpaired) electrons. The first-order chi connectivity index (χ1) is 12.0. The molecule has 0 aromatic carbocycles. The molecule has 0 fully saturated rings. The third-order valence-electron chi connectivity index (χ3n) is 3.50. The molecule has 7 nitrogen and oxygen atoms in total. The van der Waals surface area contributed by atoms with Gasteiger partial charge in [-0.15, -0.1) is 0 Å². The summed E-state index contributed by atoms with van der Waals surface area (Å²) in [6.07, 6.45) is 13.6. The Morgan fingerprint density at radius 1 is 1.08 bits per heavy atom. The second kappa shape index (κ2) is 16.2. The molecular formula is C18H38N2O5S. The van der Waals surface area contributed by atoms with Crippen LogP contribution in [0.4, 0.5) is 0 Å². The molecule has 26 heavy (non-hydrogen) atoms. The minimum absolute atomic E-state index is 0.0531. The number of nitrogens with one attached hydrogen (secondary N) is 1. The second-order valence-corrected chi connectivity index (χ2v) is 8.34. The van der Waals surface area contributed by atoms with Crippen molar-refractivity contribution in [1.29, 1.82) is 0 Å². The van der Waals surface area contributed by atoms with Crippen LogP contribution in [0.25, 0.3) is 0 Å². The molecule has 0 aliphatic rings. The van der Waals surface area contributed by atoms with Crippen molar-refractivity contribution < 1.29 is 26.4 Å². The summed E-state index contributed by atoms with van der Waals surface area (Å²) in [7, 11) is 2.90. The molecule has 0 aliphatic carbocycles. The molecule has 0 aromatic rings. The summed E-state index contributed by atoms with van der Waals surface area (Å²) in [6.45, 7) is 4.10. The molecule has 8 heteroatoms. The van der Waals surface area contributed by atoms with Crippen molar-refractivity contribution in [2.75, 3.05) is 41.3 Å². The number of allylic oxidation sites excluding steroid dienone is 1. The average molecular weight is 395 g/mol. The van der Waals surface area contributed by atoms with E-state index >= 15 is 0 Å². The van der Waals surface area contributed by atoms with Crippen molar-refractivity contribution in [3.8, 4) is 0 Å². The van der Waals surface area contributed by atoms with Gasteiger partial charge in [-0.3, -0.25) is 8.98 Å². The molecule has 0 atom stereocenters. The summed E-state index contributed by atoms with van der Waals surface area (Å²) in [6, 6.07) is 0. The highest BCUT2D eigenvalue weighted by Crippen LogP contribution is 2.07. The Balaban J connectivity index is 0. The van der Waals surface area contributed by atoms with Gasteiger partial charge in [-0.05, 0) is 18.9 Å². The van der Waals surface area contributed by atoms with Crippen LogP contribution in [0.5, 0.6) is 0 Å². The van der Waals surface area contributed by atoms with E-state index in [-0.39, 0.29) is 5.91 Å². The summed E-state index contributed by atoms with van der Waals surface area (Å²) in [5.74, 6) is 0.0531. The zero-order valence-electron chi connectivity index (χ0n) is 17.1. The molecule has 0 spiro atoms. The maximum atomic E-state index is 11.5. The fraction of sp³-hybridized carbons (Fsp3) is 0.833. The lowest BCUT2D eigenvalue weighted by molar-refractivity contribution is -0.870. The first-order valence-electron chi connectivity index (χ1n) is 9.28. The van der Waals surface area contributed by atoms with Crippen molar-refractivity contribution in [2.24, 2.45) is 0 Å². The molecule has 1 N–H and O–H groups in total. The van der Waals surface area contributed by atoms with Crippen LogP contribution in [0.15, 0.2) is 12.2 Å². The quantitative estimate of drug-likeness (QED) is 0.170. The molecule has 0 bridgehead atoms. The minimum Gasteiger partial charge on any atom is -0.726 e.